The molecule has 0 aliphatic rings. The van der Waals surface area contributed by atoms with Gasteiger partial charge in [-0.05, 0) is 40.2 Å². The summed E-state index contributed by atoms with van der Waals surface area (Å²) in [6, 6.07) is 7.35. The van der Waals surface area contributed by atoms with Gasteiger partial charge in [0.15, 0.2) is 0 Å². The van der Waals surface area contributed by atoms with Gasteiger partial charge in [-0.2, -0.15) is 0 Å². The van der Waals surface area contributed by atoms with Crippen molar-refractivity contribution in [1.82, 2.24) is 0 Å². The van der Waals surface area contributed by atoms with Crippen molar-refractivity contribution in [3.63, 3.8) is 0 Å². The van der Waals surface area contributed by atoms with Gasteiger partial charge in [0.25, 0.3) is 0 Å². The molecule has 18 heavy (non-hydrogen) atoms. The molecule has 0 fully saturated rings. The predicted octanol–water partition coefficient (Wildman–Crippen LogP) is 5.27. The largest absolute Gasteiger partial charge is 0.454 e. The summed E-state index contributed by atoms with van der Waals surface area (Å²) in [4.78, 5) is 0. The molecule has 2 aromatic rings. The van der Waals surface area contributed by atoms with Crippen molar-refractivity contribution in [2.75, 3.05) is 5.73 Å². The summed E-state index contributed by atoms with van der Waals surface area (Å²) in [5, 5.41) is 0.769. The minimum Gasteiger partial charge on any atom is -0.454 e. The molecule has 0 aromatic heterocycles. The van der Waals surface area contributed by atoms with Gasteiger partial charge in [0.2, 0.25) is 0 Å². The van der Waals surface area contributed by atoms with E-state index in [1.165, 1.54) is 12.1 Å². The van der Waals surface area contributed by atoms with Crippen LogP contribution in [0.4, 0.5) is 10.1 Å². The fourth-order valence-electron chi connectivity index (χ4n) is 1.31. The molecule has 2 rings (SSSR count). The second kappa shape index (κ2) is 5.34. The van der Waals surface area contributed by atoms with Crippen molar-refractivity contribution >= 4 is 44.8 Å². The summed E-state index contributed by atoms with van der Waals surface area (Å²) in [6.07, 6.45) is 0. The molecule has 0 radical (unpaired) electrons. The summed E-state index contributed by atoms with van der Waals surface area (Å²) in [7, 11) is 0. The van der Waals surface area contributed by atoms with Crippen molar-refractivity contribution < 1.29 is 9.13 Å². The number of hydrogen-bond acceptors (Lipinski definition) is 2. The van der Waals surface area contributed by atoms with Crippen LogP contribution in [0.1, 0.15) is 0 Å². The second-order valence-corrected chi connectivity index (χ2v) is 5.18. The highest BCUT2D eigenvalue weighted by molar-refractivity contribution is 9.10. The van der Waals surface area contributed by atoms with Crippen LogP contribution in [-0.4, -0.2) is 0 Å². The lowest BCUT2D eigenvalue weighted by atomic mass is 10.3. The van der Waals surface area contributed by atoms with E-state index in [0.29, 0.717) is 16.5 Å². The number of rotatable bonds is 2. The maximum absolute atomic E-state index is 13.4. The normalized spacial score (nSPS) is 10.4. The van der Waals surface area contributed by atoms with Crippen LogP contribution in [0.5, 0.6) is 11.5 Å². The Morgan fingerprint density at radius 2 is 1.83 bits per heavy atom. The first-order valence-electron chi connectivity index (χ1n) is 4.85. The van der Waals surface area contributed by atoms with Gasteiger partial charge in [0, 0.05) is 11.1 Å². The Morgan fingerprint density at radius 3 is 2.50 bits per heavy atom. The molecule has 0 aliphatic heterocycles. The van der Waals surface area contributed by atoms with Crippen LogP contribution in [0.25, 0.3) is 0 Å². The lowest BCUT2D eigenvalue weighted by Gasteiger charge is -2.10. The predicted molar refractivity (Wildman–Crippen MR) is 75.0 cm³/mol. The van der Waals surface area contributed by atoms with Crippen LogP contribution >= 0.6 is 39.1 Å². The topological polar surface area (TPSA) is 35.2 Å². The molecule has 2 N–H and O–H groups in total. The van der Waals surface area contributed by atoms with Crippen LogP contribution < -0.4 is 10.5 Å². The molecule has 0 aliphatic carbocycles. The van der Waals surface area contributed by atoms with Gasteiger partial charge in [-0.25, -0.2) is 4.39 Å². The van der Waals surface area contributed by atoms with Crippen LogP contribution in [0.3, 0.4) is 0 Å². The van der Waals surface area contributed by atoms with E-state index >= 15 is 0 Å². The Balaban J connectivity index is 2.37. The highest BCUT2D eigenvalue weighted by atomic mass is 79.9. The molecule has 0 amide bonds. The molecule has 2 nitrogen and oxygen atoms in total. The molecule has 0 bridgehead atoms. The molecule has 0 saturated heterocycles. The van der Waals surface area contributed by atoms with E-state index in [-0.39, 0.29) is 15.2 Å². The lowest BCUT2D eigenvalue weighted by molar-refractivity contribution is 0.478. The lowest BCUT2D eigenvalue weighted by Crippen LogP contribution is -1.93. The summed E-state index contributed by atoms with van der Waals surface area (Å²) >= 11 is 14.7. The molecule has 0 saturated carbocycles. The number of nitrogens with two attached hydrogens (primary N) is 1. The monoisotopic (exact) mass is 349 g/mol. The summed E-state index contributed by atoms with van der Waals surface area (Å²) in [5.41, 5.74) is 6.08. The molecular weight excluding hydrogens is 344 g/mol. The number of ether oxygens (including phenoxy) is 1. The van der Waals surface area contributed by atoms with Crippen LogP contribution in [-0.2, 0) is 0 Å². The third-order valence-electron chi connectivity index (χ3n) is 2.17. The van der Waals surface area contributed by atoms with Crippen molar-refractivity contribution in [2.24, 2.45) is 0 Å². The van der Waals surface area contributed by atoms with E-state index in [9.17, 15) is 4.39 Å². The summed E-state index contributed by atoms with van der Waals surface area (Å²) < 4.78 is 19.1. The van der Waals surface area contributed by atoms with E-state index in [1.54, 1.807) is 18.2 Å². The van der Waals surface area contributed by atoms with E-state index in [2.05, 4.69) is 15.9 Å². The number of halogens is 4. The minimum atomic E-state index is -0.470. The Kier molecular flexibility index (Phi) is 4.00. The number of anilines is 1. The highest BCUT2D eigenvalue weighted by Gasteiger charge is 2.10. The van der Waals surface area contributed by atoms with Crippen LogP contribution in [0.2, 0.25) is 10.0 Å². The highest BCUT2D eigenvalue weighted by Crippen LogP contribution is 2.36. The van der Waals surface area contributed by atoms with Gasteiger partial charge in [-0.15, -0.1) is 0 Å². The SMILES string of the molecule is Nc1cc(Cl)ccc1Oc1cc(F)c(Br)cc1Cl. The quantitative estimate of drug-likeness (QED) is 0.591. The van der Waals surface area contributed by atoms with Gasteiger partial charge in [-0.1, -0.05) is 23.2 Å². The van der Waals surface area contributed by atoms with Gasteiger partial charge in [0.1, 0.15) is 17.3 Å². The van der Waals surface area contributed by atoms with Gasteiger partial charge in [-0.3, -0.25) is 0 Å². The van der Waals surface area contributed by atoms with E-state index in [1.807, 2.05) is 0 Å². The molecule has 0 spiro atoms. The smallest absolute Gasteiger partial charge is 0.150 e. The zero-order chi connectivity index (χ0) is 13.3. The molecular formula is C12H7BrCl2FNO. The van der Waals surface area contributed by atoms with Gasteiger partial charge in [0.05, 0.1) is 15.2 Å². The third kappa shape index (κ3) is 2.88. The van der Waals surface area contributed by atoms with Gasteiger partial charge < -0.3 is 10.5 Å². The number of nitrogen functional groups attached to an aromatic ring is 1. The summed E-state index contributed by atoms with van der Waals surface area (Å²) in [6.45, 7) is 0. The van der Waals surface area contributed by atoms with Gasteiger partial charge >= 0.3 is 0 Å². The van der Waals surface area contributed by atoms with Crippen molar-refractivity contribution in [1.29, 1.82) is 0 Å². The van der Waals surface area contributed by atoms with Crippen LogP contribution in [0, 0.1) is 5.82 Å². The average molecular weight is 351 g/mol. The molecule has 0 heterocycles. The van der Waals surface area contributed by atoms with E-state index in [4.69, 9.17) is 33.7 Å². The second-order valence-electron chi connectivity index (χ2n) is 3.48. The zero-order valence-electron chi connectivity index (χ0n) is 8.88. The molecule has 0 atom stereocenters. The fraction of sp³-hybridized carbons (Fsp3) is 0. The van der Waals surface area contributed by atoms with Crippen molar-refractivity contribution in [3.05, 3.63) is 50.7 Å². The fourth-order valence-corrected chi connectivity index (χ4v) is 2.17. The molecule has 2 aromatic carbocycles. The van der Waals surface area contributed by atoms with Crippen molar-refractivity contribution in [2.45, 2.75) is 0 Å². The molecule has 94 valence electrons. The average Bonchev–Trinajstić information content (AvgIpc) is 2.29. The Morgan fingerprint density at radius 1 is 1.11 bits per heavy atom. The minimum absolute atomic E-state index is 0.186. The maximum atomic E-state index is 13.4. The number of benzene rings is 2. The van der Waals surface area contributed by atoms with E-state index in [0.717, 1.165) is 0 Å². The standard InChI is InChI=1S/C12H7BrCl2FNO/c13-7-4-8(15)12(5-9(7)16)18-11-2-1-6(14)3-10(11)17/h1-5H,17H2. The molecule has 6 heteroatoms. The van der Waals surface area contributed by atoms with Crippen LogP contribution in [0.15, 0.2) is 34.8 Å². The van der Waals surface area contributed by atoms with E-state index < -0.39 is 5.82 Å². The Bertz CT molecular complexity index is 607. The first kappa shape index (κ1) is 13.5. The third-order valence-corrected chi connectivity index (χ3v) is 3.30. The maximum Gasteiger partial charge on any atom is 0.150 e. The Labute approximate surface area is 122 Å². The first-order chi connectivity index (χ1) is 8.47. The number of hydrogen-bond donors (Lipinski definition) is 1. The zero-order valence-corrected chi connectivity index (χ0v) is 12.0. The molecule has 0 unspecified atom stereocenters. The Hall–Kier alpha value is -0.970. The first-order valence-corrected chi connectivity index (χ1v) is 6.39. The summed E-state index contributed by atoms with van der Waals surface area (Å²) in [5.74, 6) is 0.0800. The van der Waals surface area contributed by atoms with Crippen molar-refractivity contribution in [3.8, 4) is 11.5 Å².